The van der Waals surface area contributed by atoms with Gasteiger partial charge in [-0.3, -0.25) is 9.59 Å². The number of hydrogen-bond acceptors (Lipinski definition) is 2. The van der Waals surface area contributed by atoms with Crippen LogP contribution in [-0.4, -0.2) is 23.9 Å². The van der Waals surface area contributed by atoms with Gasteiger partial charge in [0.15, 0.2) is 0 Å². The SMILES string of the molecule is CCCC(CC(F)(F)C(F)(F)F)(C(N)=O)C(N)=O. The molecule has 18 heavy (non-hydrogen) atoms. The lowest BCUT2D eigenvalue weighted by Crippen LogP contribution is -2.53. The molecule has 4 N–H and O–H groups in total. The van der Waals surface area contributed by atoms with Gasteiger partial charge in [-0.05, 0) is 6.42 Å². The van der Waals surface area contributed by atoms with Crippen LogP contribution in [0.1, 0.15) is 26.2 Å². The number of carbonyl (C=O) groups is 2. The number of hydrogen-bond donors (Lipinski definition) is 2. The molecule has 2 amide bonds. The summed E-state index contributed by atoms with van der Waals surface area (Å²) in [5, 5.41) is 0. The van der Waals surface area contributed by atoms with Crippen LogP contribution in [0, 0.1) is 5.41 Å². The Kier molecular flexibility index (Phi) is 4.67. The molecule has 0 unspecified atom stereocenters. The van der Waals surface area contributed by atoms with Crippen LogP contribution in [0.5, 0.6) is 0 Å². The van der Waals surface area contributed by atoms with Gasteiger partial charge in [-0.1, -0.05) is 13.3 Å². The highest BCUT2D eigenvalue weighted by Crippen LogP contribution is 2.45. The Bertz CT molecular complexity index is 326. The molecule has 0 aliphatic rings. The summed E-state index contributed by atoms with van der Waals surface area (Å²) in [5.41, 5.74) is 6.84. The number of carbonyl (C=O) groups excluding carboxylic acids is 2. The fraction of sp³-hybridized carbons (Fsp3) is 0.778. The molecule has 106 valence electrons. The van der Waals surface area contributed by atoms with Crippen molar-refractivity contribution in [3.8, 4) is 0 Å². The van der Waals surface area contributed by atoms with E-state index in [1.54, 1.807) is 0 Å². The van der Waals surface area contributed by atoms with E-state index in [2.05, 4.69) is 0 Å². The topological polar surface area (TPSA) is 86.2 Å². The number of halogens is 5. The molecular formula is C9H13F5N2O2. The Morgan fingerprint density at radius 1 is 1.00 bits per heavy atom. The summed E-state index contributed by atoms with van der Waals surface area (Å²) in [4.78, 5) is 22.2. The number of amides is 2. The molecule has 0 radical (unpaired) electrons. The minimum atomic E-state index is -5.88. The van der Waals surface area contributed by atoms with Crippen LogP contribution >= 0.6 is 0 Å². The van der Waals surface area contributed by atoms with Crippen LogP contribution in [0.25, 0.3) is 0 Å². The highest BCUT2D eigenvalue weighted by Gasteiger charge is 2.63. The van der Waals surface area contributed by atoms with Gasteiger partial charge in [0.05, 0.1) is 0 Å². The molecule has 0 aromatic heterocycles. The average Bonchev–Trinajstić information content (AvgIpc) is 2.13. The zero-order valence-electron chi connectivity index (χ0n) is 9.48. The molecule has 0 fully saturated rings. The van der Waals surface area contributed by atoms with E-state index in [0.29, 0.717) is 0 Å². The van der Waals surface area contributed by atoms with Crippen LogP contribution in [-0.2, 0) is 9.59 Å². The first-order valence-corrected chi connectivity index (χ1v) is 4.95. The summed E-state index contributed by atoms with van der Waals surface area (Å²) in [7, 11) is 0. The van der Waals surface area contributed by atoms with E-state index in [9.17, 15) is 31.5 Å². The van der Waals surface area contributed by atoms with Gasteiger partial charge in [-0.15, -0.1) is 0 Å². The number of rotatable bonds is 6. The first-order chi connectivity index (χ1) is 7.90. The first kappa shape index (κ1) is 16.6. The smallest absolute Gasteiger partial charge is 0.369 e. The Hall–Kier alpha value is -1.41. The normalized spacial score (nSPS) is 13.4. The standard InChI is InChI=1S/C9H13F5N2O2/c1-2-3-7(5(15)17,6(16)18)4-8(10,11)9(12,13)14/h2-4H2,1H3,(H2,15,17)(H2,16,18). The van der Waals surface area contributed by atoms with Crippen molar-refractivity contribution in [3.05, 3.63) is 0 Å². The molecule has 0 spiro atoms. The second kappa shape index (κ2) is 5.07. The molecule has 0 bridgehead atoms. The molecule has 0 heterocycles. The largest absolute Gasteiger partial charge is 0.453 e. The predicted octanol–water partition coefficient (Wildman–Crippen LogP) is 1.33. The Morgan fingerprint density at radius 3 is 1.61 bits per heavy atom. The molecule has 0 rings (SSSR count). The van der Waals surface area contributed by atoms with E-state index < -0.39 is 42.2 Å². The maximum absolute atomic E-state index is 12.9. The van der Waals surface area contributed by atoms with Crippen molar-refractivity contribution in [1.29, 1.82) is 0 Å². The van der Waals surface area contributed by atoms with Gasteiger partial charge in [0.1, 0.15) is 5.41 Å². The highest BCUT2D eigenvalue weighted by atomic mass is 19.4. The summed E-state index contributed by atoms with van der Waals surface area (Å²) in [5.74, 6) is -8.38. The summed E-state index contributed by atoms with van der Waals surface area (Å²) < 4.78 is 62.1. The molecule has 0 aromatic rings. The number of primary amides is 2. The van der Waals surface area contributed by atoms with E-state index >= 15 is 0 Å². The third-order valence-electron chi connectivity index (χ3n) is 2.56. The zero-order chi connectivity index (χ0) is 14.8. The summed E-state index contributed by atoms with van der Waals surface area (Å²) in [6.07, 6.45) is -8.51. The molecular weight excluding hydrogens is 263 g/mol. The van der Waals surface area contributed by atoms with Crippen LogP contribution in [0.4, 0.5) is 22.0 Å². The third kappa shape index (κ3) is 3.08. The van der Waals surface area contributed by atoms with Crippen molar-refractivity contribution < 1.29 is 31.5 Å². The molecule has 0 aliphatic heterocycles. The van der Waals surface area contributed by atoms with Gasteiger partial charge in [0, 0.05) is 6.42 Å². The Balaban J connectivity index is 5.50. The van der Waals surface area contributed by atoms with Crippen molar-refractivity contribution in [2.45, 2.75) is 38.3 Å². The third-order valence-corrected chi connectivity index (χ3v) is 2.56. The van der Waals surface area contributed by atoms with Crippen molar-refractivity contribution in [1.82, 2.24) is 0 Å². The monoisotopic (exact) mass is 276 g/mol. The fourth-order valence-electron chi connectivity index (χ4n) is 1.54. The first-order valence-electron chi connectivity index (χ1n) is 4.95. The second-order valence-corrected chi connectivity index (χ2v) is 3.94. The van der Waals surface area contributed by atoms with Gasteiger partial charge >= 0.3 is 12.1 Å². The molecule has 0 saturated carbocycles. The lowest BCUT2D eigenvalue weighted by Gasteiger charge is -2.31. The van der Waals surface area contributed by atoms with E-state index in [0.717, 1.165) is 0 Å². The fourth-order valence-corrected chi connectivity index (χ4v) is 1.54. The van der Waals surface area contributed by atoms with Crippen molar-refractivity contribution in [2.75, 3.05) is 0 Å². The average molecular weight is 276 g/mol. The predicted molar refractivity (Wildman–Crippen MR) is 51.3 cm³/mol. The molecule has 0 atom stereocenters. The van der Waals surface area contributed by atoms with Crippen molar-refractivity contribution >= 4 is 11.8 Å². The van der Waals surface area contributed by atoms with Crippen LogP contribution in [0.2, 0.25) is 0 Å². The summed E-state index contributed by atoms with van der Waals surface area (Å²) >= 11 is 0. The van der Waals surface area contributed by atoms with Gasteiger partial charge in [0.2, 0.25) is 11.8 Å². The van der Waals surface area contributed by atoms with Crippen LogP contribution in [0.3, 0.4) is 0 Å². The van der Waals surface area contributed by atoms with Crippen molar-refractivity contribution in [2.24, 2.45) is 16.9 Å². The Morgan fingerprint density at radius 2 is 1.39 bits per heavy atom. The molecule has 0 saturated heterocycles. The van der Waals surface area contributed by atoms with E-state index in [1.165, 1.54) is 6.92 Å². The molecule has 4 nitrogen and oxygen atoms in total. The minimum absolute atomic E-state index is 0.000181. The van der Waals surface area contributed by atoms with Crippen LogP contribution < -0.4 is 11.5 Å². The van der Waals surface area contributed by atoms with E-state index in [-0.39, 0.29) is 6.42 Å². The summed E-state index contributed by atoms with van der Waals surface area (Å²) in [6, 6.07) is 0. The quantitative estimate of drug-likeness (QED) is 0.566. The maximum atomic E-state index is 12.9. The lowest BCUT2D eigenvalue weighted by atomic mass is 9.76. The number of alkyl halides is 5. The maximum Gasteiger partial charge on any atom is 0.453 e. The Labute approximate surface area is 99.5 Å². The molecule has 0 aliphatic carbocycles. The zero-order valence-corrected chi connectivity index (χ0v) is 9.48. The molecule has 0 aromatic carbocycles. The van der Waals surface area contributed by atoms with Gasteiger partial charge < -0.3 is 11.5 Å². The van der Waals surface area contributed by atoms with E-state index in [1.807, 2.05) is 0 Å². The minimum Gasteiger partial charge on any atom is -0.369 e. The van der Waals surface area contributed by atoms with E-state index in [4.69, 9.17) is 11.5 Å². The van der Waals surface area contributed by atoms with Crippen molar-refractivity contribution in [3.63, 3.8) is 0 Å². The lowest BCUT2D eigenvalue weighted by molar-refractivity contribution is -0.290. The molecule has 9 heteroatoms. The van der Waals surface area contributed by atoms with Gasteiger partial charge in [-0.2, -0.15) is 22.0 Å². The second-order valence-electron chi connectivity index (χ2n) is 3.94. The van der Waals surface area contributed by atoms with Crippen LogP contribution in [0.15, 0.2) is 0 Å². The number of nitrogens with two attached hydrogens (primary N) is 2. The van der Waals surface area contributed by atoms with Gasteiger partial charge in [-0.25, -0.2) is 0 Å². The van der Waals surface area contributed by atoms with Gasteiger partial charge in [0.25, 0.3) is 0 Å². The summed E-state index contributed by atoms with van der Waals surface area (Å²) in [6.45, 7) is 1.40. The highest BCUT2D eigenvalue weighted by molar-refractivity contribution is 6.03.